The molecule has 0 saturated carbocycles. The molecule has 2 aromatic rings. The quantitative estimate of drug-likeness (QED) is 0.909. The van der Waals surface area contributed by atoms with Gasteiger partial charge in [-0.05, 0) is 39.7 Å². The number of fused-ring (bicyclic) bond motifs is 1. The number of carboxylic acid groups (broad SMARTS) is 1. The molecule has 0 aliphatic carbocycles. The normalized spacial score (nSPS) is 18.4. The third-order valence-electron chi connectivity index (χ3n) is 4.34. The molecule has 0 spiro atoms. The largest absolute Gasteiger partial charge is 0.481 e. The SMILES string of the molecule is Cc1cc(C)n2nc(C)c(C(=O)N3CCCC(C(=O)O)C3)c2n1. The predicted octanol–water partition coefficient (Wildman–Crippen LogP) is 1.59. The van der Waals surface area contributed by atoms with Crippen LogP contribution in [-0.2, 0) is 4.79 Å². The van der Waals surface area contributed by atoms with Gasteiger partial charge in [0.05, 0.1) is 11.6 Å². The fourth-order valence-corrected chi connectivity index (χ4v) is 3.20. The molecule has 0 aromatic carbocycles. The Kier molecular flexibility index (Phi) is 3.79. The highest BCUT2D eigenvalue weighted by Gasteiger charge is 2.31. The monoisotopic (exact) mass is 316 g/mol. The van der Waals surface area contributed by atoms with Crippen molar-refractivity contribution in [1.29, 1.82) is 0 Å². The highest BCUT2D eigenvalue weighted by Crippen LogP contribution is 2.22. The van der Waals surface area contributed by atoms with E-state index in [1.165, 1.54) is 0 Å². The number of carboxylic acids is 1. The molecule has 1 amide bonds. The van der Waals surface area contributed by atoms with E-state index < -0.39 is 11.9 Å². The van der Waals surface area contributed by atoms with E-state index in [1.807, 2.05) is 19.9 Å². The van der Waals surface area contributed by atoms with Crippen LogP contribution in [0.1, 0.15) is 40.3 Å². The summed E-state index contributed by atoms with van der Waals surface area (Å²) in [6.45, 7) is 6.41. The van der Waals surface area contributed by atoms with E-state index in [4.69, 9.17) is 0 Å². The lowest BCUT2D eigenvalue weighted by atomic mass is 9.97. The van der Waals surface area contributed by atoms with Gasteiger partial charge in [-0.25, -0.2) is 9.50 Å². The molecule has 1 aliphatic rings. The molecule has 0 bridgehead atoms. The zero-order valence-corrected chi connectivity index (χ0v) is 13.5. The highest BCUT2D eigenvalue weighted by atomic mass is 16.4. The Bertz CT molecular complexity index is 796. The molecule has 23 heavy (non-hydrogen) atoms. The van der Waals surface area contributed by atoms with Crippen LogP contribution in [0, 0.1) is 26.7 Å². The Morgan fingerprint density at radius 1 is 1.30 bits per heavy atom. The molecule has 1 fully saturated rings. The first-order valence-electron chi connectivity index (χ1n) is 7.74. The fourth-order valence-electron chi connectivity index (χ4n) is 3.20. The van der Waals surface area contributed by atoms with Crippen molar-refractivity contribution in [2.24, 2.45) is 5.92 Å². The molecule has 0 radical (unpaired) electrons. The summed E-state index contributed by atoms with van der Waals surface area (Å²) in [5, 5.41) is 13.6. The maximum atomic E-state index is 12.9. The second kappa shape index (κ2) is 5.64. The summed E-state index contributed by atoms with van der Waals surface area (Å²) in [5.74, 6) is -1.52. The summed E-state index contributed by atoms with van der Waals surface area (Å²) < 4.78 is 1.67. The predicted molar refractivity (Wildman–Crippen MR) is 83.5 cm³/mol. The van der Waals surface area contributed by atoms with Gasteiger partial charge in [-0.3, -0.25) is 9.59 Å². The van der Waals surface area contributed by atoms with Crippen molar-refractivity contribution in [2.75, 3.05) is 13.1 Å². The number of likely N-dealkylation sites (tertiary alicyclic amines) is 1. The van der Waals surface area contributed by atoms with Gasteiger partial charge in [0, 0.05) is 24.5 Å². The third-order valence-corrected chi connectivity index (χ3v) is 4.34. The number of piperidine rings is 1. The van der Waals surface area contributed by atoms with Crippen molar-refractivity contribution >= 4 is 17.5 Å². The average Bonchev–Trinajstić information content (AvgIpc) is 2.83. The lowest BCUT2D eigenvalue weighted by molar-refractivity contribution is -0.143. The fraction of sp³-hybridized carbons (Fsp3) is 0.500. The van der Waals surface area contributed by atoms with Crippen molar-refractivity contribution in [2.45, 2.75) is 33.6 Å². The molecule has 1 aliphatic heterocycles. The topological polar surface area (TPSA) is 87.8 Å². The lowest BCUT2D eigenvalue weighted by Crippen LogP contribution is -2.42. The average molecular weight is 316 g/mol. The summed E-state index contributed by atoms with van der Waals surface area (Å²) in [4.78, 5) is 30.2. The molecule has 1 N–H and O–H groups in total. The molecule has 7 nitrogen and oxygen atoms in total. The minimum atomic E-state index is -0.844. The lowest BCUT2D eigenvalue weighted by Gasteiger charge is -2.30. The van der Waals surface area contributed by atoms with Crippen molar-refractivity contribution in [3.8, 4) is 0 Å². The van der Waals surface area contributed by atoms with Crippen LogP contribution in [0.3, 0.4) is 0 Å². The van der Waals surface area contributed by atoms with Crippen molar-refractivity contribution in [1.82, 2.24) is 19.5 Å². The van der Waals surface area contributed by atoms with Gasteiger partial charge in [0.15, 0.2) is 5.65 Å². The number of aromatic nitrogens is 3. The van der Waals surface area contributed by atoms with Crippen molar-refractivity contribution in [3.05, 3.63) is 28.7 Å². The number of rotatable bonds is 2. The summed E-state index contributed by atoms with van der Waals surface area (Å²) in [5.41, 5.74) is 3.38. The van der Waals surface area contributed by atoms with Crippen LogP contribution in [0.25, 0.3) is 5.65 Å². The van der Waals surface area contributed by atoms with Crippen molar-refractivity contribution in [3.63, 3.8) is 0 Å². The van der Waals surface area contributed by atoms with Gasteiger partial charge in [-0.15, -0.1) is 0 Å². The second-order valence-electron chi connectivity index (χ2n) is 6.16. The van der Waals surface area contributed by atoms with Gasteiger partial charge < -0.3 is 10.0 Å². The van der Waals surface area contributed by atoms with Gasteiger partial charge in [0.25, 0.3) is 5.91 Å². The summed E-state index contributed by atoms with van der Waals surface area (Å²) >= 11 is 0. The van der Waals surface area contributed by atoms with E-state index in [9.17, 15) is 14.7 Å². The Balaban J connectivity index is 2.01. The van der Waals surface area contributed by atoms with E-state index in [0.717, 1.165) is 11.4 Å². The number of amides is 1. The van der Waals surface area contributed by atoms with Crippen LogP contribution >= 0.6 is 0 Å². The maximum Gasteiger partial charge on any atom is 0.308 e. The van der Waals surface area contributed by atoms with Crippen LogP contribution in [0.5, 0.6) is 0 Å². The number of carbonyl (C=O) groups excluding carboxylic acids is 1. The van der Waals surface area contributed by atoms with Crippen LogP contribution in [0.2, 0.25) is 0 Å². The molecule has 3 rings (SSSR count). The van der Waals surface area contributed by atoms with Gasteiger partial charge in [-0.1, -0.05) is 0 Å². The van der Waals surface area contributed by atoms with Crippen LogP contribution in [0.15, 0.2) is 6.07 Å². The van der Waals surface area contributed by atoms with Crippen LogP contribution in [-0.4, -0.2) is 49.6 Å². The highest BCUT2D eigenvalue weighted by molar-refractivity contribution is 6.01. The minimum absolute atomic E-state index is 0.180. The molecule has 2 aromatic heterocycles. The van der Waals surface area contributed by atoms with Crippen LogP contribution < -0.4 is 0 Å². The minimum Gasteiger partial charge on any atom is -0.481 e. The molecule has 1 unspecified atom stereocenters. The number of nitrogens with zero attached hydrogens (tertiary/aromatic N) is 4. The van der Waals surface area contributed by atoms with Gasteiger partial charge in [0.2, 0.25) is 0 Å². The van der Waals surface area contributed by atoms with Gasteiger partial charge in [-0.2, -0.15) is 5.10 Å². The van der Waals surface area contributed by atoms with E-state index >= 15 is 0 Å². The van der Waals surface area contributed by atoms with Gasteiger partial charge in [0.1, 0.15) is 5.56 Å². The Morgan fingerprint density at radius 2 is 2.04 bits per heavy atom. The Labute approximate surface area is 133 Å². The van der Waals surface area contributed by atoms with Crippen molar-refractivity contribution < 1.29 is 14.7 Å². The number of hydrogen-bond acceptors (Lipinski definition) is 4. The third kappa shape index (κ3) is 2.67. The molecule has 3 heterocycles. The molecule has 122 valence electrons. The first kappa shape index (κ1) is 15.5. The van der Waals surface area contributed by atoms with Gasteiger partial charge >= 0.3 is 5.97 Å². The molecule has 1 atom stereocenters. The summed E-state index contributed by atoms with van der Waals surface area (Å²) in [6, 6.07) is 1.91. The molecular formula is C16H20N4O3. The van der Waals surface area contributed by atoms with Crippen LogP contribution in [0.4, 0.5) is 0 Å². The molecule has 7 heteroatoms. The zero-order chi connectivity index (χ0) is 16.7. The second-order valence-corrected chi connectivity index (χ2v) is 6.16. The van der Waals surface area contributed by atoms with E-state index in [1.54, 1.807) is 16.3 Å². The smallest absolute Gasteiger partial charge is 0.308 e. The summed E-state index contributed by atoms with van der Waals surface area (Å²) in [6.07, 6.45) is 1.32. The summed E-state index contributed by atoms with van der Waals surface area (Å²) in [7, 11) is 0. The number of hydrogen-bond donors (Lipinski definition) is 1. The molecular weight excluding hydrogens is 296 g/mol. The van der Waals surface area contributed by atoms with E-state index in [0.29, 0.717) is 36.3 Å². The Hall–Kier alpha value is -2.44. The zero-order valence-electron chi connectivity index (χ0n) is 13.5. The van der Waals surface area contributed by atoms with E-state index in [-0.39, 0.29) is 12.5 Å². The Morgan fingerprint density at radius 3 is 2.74 bits per heavy atom. The number of carbonyl (C=O) groups is 2. The molecule has 1 saturated heterocycles. The first-order valence-corrected chi connectivity index (χ1v) is 7.74. The number of aryl methyl sites for hydroxylation is 3. The van der Waals surface area contributed by atoms with E-state index in [2.05, 4.69) is 10.1 Å². The maximum absolute atomic E-state index is 12.9. The number of aliphatic carboxylic acids is 1. The first-order chi connectivity index (χ1) is 10.9. The standard InChI is InChI=1S/C16H20N4O3/c1-9-7-10(2)20-14(17-9)13(11(3)18-20)15(21)19-6-4-5-12(8-19)16(22)23/h7,12H,4-6,8H2,1-3H3,(H,22,23).